The summed E-state index contributed by atoms with van der Waals surface area (Å²) in [4.78, 5) is 0. The molecule has 0 bridgehead atoms. The van der Waals surface area contributed by atoms with Crippen LogP contribution in [0.5, 0.6) is 5.75 Å². The molecule has 0 radical (unpaired) electrons. The van der Waals surface area contributed by atoms with E-state index in [2.05, 4.69) is 0 Å². The first-order valence-electron chi connectivity index (χ1n) is 2.67. The lowest BCUT2D eigenvalue weighted by molar-refractivity contribution is 0.325. The molecule has 1 N–H and O–H groups in total. The molecule has 13 heavy (non-hydrogen) atoms. The quantitative estimate of drug-likeness (QED) is 0.405. The molecule has 0 heterocycles. The first-order valence-corrected chi connectivity index (χ1v) is 2.67. The molecule has 0 aliphatic carbocycles. The zero-order valence-corrected chi connectivity index (χ0v) is 6.56. The molecule has 0 saturated heterocycles. The predicted molar refractivity (Wildman–Crippen MR) is 35.1 cm³/mol. The Labute approximate surface area is 75.2 Å². The van der Waals surface area contributed by atoms with Crippen molar-refractivity contribution in [3.8, 4) is 5.75 Å². The lowest BCUT2D eigenvalue weighted by Crippen LogP contribution is -2.00. The summed E-state index contributed by atoms with van der Waals surface area (Å²) in [6.07, 6.45) is 0. The van der Waals surface area contributed by atoms with E-state index in [-0.39, 0.29) is 12.4 Å². The number of phenols is 1. The molecule has 0 saturated carbocycles. The van der Waals surface area contributed by atoms with Crippen molar-refractivity contribution in [2.75, 3.05) is 0 Å². The molecule has 0 atom stereocenters. The van der Waals surface area contributed by atoms with Crippen LogP contribution in [0.15, 0.2) is 0 Å². The van der Waals surface area contributed by atoms with Crippen LogP contribution in [0.1, 0.15) is 0 Å². The fraction of sp³-hybridized carbons (Fsp3) is 0. The van der Waals surface area contributed by atoms with Crippen LogP contribution in [0, 0.1) is 29.1 Å². The molecule has 0 aliphatic rings. The summed E-state index contributed by atoms with van der Waals surface area (Å²) in [6.45, 7) is 0. The zero-order chi connectivity index (χ0) is 9.46. The molecular weight excluding hydrogens is 219 g/mol. The highest BCUT2D eigenvalue weighted by molar-refractivity contribution is 5.85. The molecule has 1 nitrogen and oxygen atoms in total. The summed E-state index contributed by atoms with van der Waals surface area (Å²) in [5.41, 5.74) is 0. The van der Waals surface area contributed by atoms with Gasteiger partial charge in [-0.1, -0.05) is 0 Å². The average Bonchev–Trinajstić information content (AvgIpc) is 2.08. The van der Waals surface area contributed by atoms with Gasteiger partial charge in [-0.25, -0.2) is 13.2 Å². The van der Waals surface area contributed by atoms with Crippen molar-refractivity contribution in [1.29, 1.82) is 0 Å². The summed E-state index contributed by atoms with van der Waals surface area (Å²) in [6, 6.07) is 0. The Balaban J connectivity index is 0.00000144. The molecular formula is C6H2ClF5O. The molecule has 0 aromatic heterocycles. The van der Waals surface area contributed by atoms with Gasteiger partial charge in [0.25, 0.3) is 0 Å². The molecule has 74 valence electrons. The van der Waals surface area contributed by atoms with E-state index < -0.39 is 34.8 Å². The van der Waals surface area contributed by atoms with Gasteiger partial charge in [0, 0.05) is 0 Å². The third-order valence-electron chi connectivity index (χ3n) is 1.19. The second-order valence-electron chi connectivity index (χ2n) is 1.92. The minimum atomic E-state index is -2.29. The summed E-state index contributed by atoms with van der Waals surface area (Å²) in [5, 5.41) is 8.30. The average molecular weight is 221 g/mol. The van der Waals surface area contributed by atoms with Gasteiger partial charge in [0.2, 0.25) is 29.1 Å². The van der Waals surface area contributed by atoms with Crippen molar-refractivity contribution in [2.45, 2.75) is 0 Å². The van der Waals surface area contributed by atoms with Crippen LogP contribution in [-0.2, 0) is 0 Å². The van der Waals surface area contributed by atoms with Crippen LogP contribution < -0.4 is 0 Å². The topological polar surface area (TPSA) is 20.2 Å². The van der Waals surface area contributed by atoms with Gasteiger partial charge in [0.05, 0.1) is 0 Å². The maximum Gasteiger partial charge on any atom is 0.206 e. The van der Waals surface area contributed by atoms with Crippen molar-refractivity contribution < 1.29 is 27.1 Å². The van der Waals surface area contributed by atoms with Crippen LogP contribution >= 0.6 is 12.4 Å². The molecule has 1 rings (SSSR count). The first kappa shape index (κ1) is 12.0. The molecule has 7 heteroatoms. The lowest BCUT2D eigenvalue weighted by atomic mass is 10.3. The Morgan fingerprint density at radius 3 is 1.15 bits per heavy atom. The second-order valence-corrected chi connectivity index (χ2v) is 1.92. The normalized spacial score (nSPS) is 9.62. The van der Waals surface area contributed by atoms with Crippen molar-refractivity contribution in [2.24, 2.45) is 0 Å². The fourth-order valence-corrected chi connectivity index (χ4v) is 0.593. The third-order valence-corrected chi connectivity index (χ3v) is 1.19. The van der Waals surface area contributed by atoms with E-state index >= 15 is 0 Å². The van der Waals surface area contributed by atoms with E-state index in [0.717, 1.165) is 0 Å². The van der Waals surface area contributed by atoms with E-state index in [1.165, 1.54) is 0 Å². The lowest BCUT2D eigenvalue weighted by Gasteiger charge is -2.00. The monoisotopic (exact) mass is 220 g/mol. The van der Waals surface area contributed by atoms with Gasteiger partial charge in [-0.2, -0.15) is 8.78 Å². The minimum absolute atomic E-state index is 0. The van der Waals surface area contributed by atoms with Crippen LogP contribution in [-0.4, -0.2) is 5.11 Å². The van der Waals surface area contributed by atoms with Gasteiger partial charge in [-0.05, 0) is 0 Å². The Morgan fingerprint density at radius 2 is 0.846 bits per heavy atom. The molecule has 0 fully saturated rings. The zero-order valence-electron chi connectivity index (χ0n) is 5.75. The largest absolute Gasteiger partial charge is 0.503 e. The number of phenolic OH excluding ortho intramolecular Hbond substituents is 1. The smallest absolute Gasteiger partial charge is 0.206 e. The maximum absolute atomic E-state index is 12.2. The van der Waals surface area contributed by atoms with Gasteiger partial charge in [-0.15, -0.1) is 12.4 Å². The first-order chi connectivity index (χ1) is 5.46. The standard InChI is InChI=1S/C6HF5O.ClH/c7-1-2(8)4(10)6(12)5(11)3(1)9;/h12H;1H. The van der Waals surface area contributed by atoms with Gasteiger partial charge in [0.15, 0.2) is 5.75 Å². The summed E-state index contributed by atoms with van der Waals surface area (Å²) in [7, 11) is 0. The number of halogens is 6. The van der Waals surface area contributed by atoms with E-state index in [0.29, 0.717) is 0 Å². The van der Waals surface area contributed by atoms with Gasteiger partial charge in [-0.3, -0.25) is 0 Å². The fourth-order valence-electron chi connectivity index (χ4n) is 0.593. The van der Waals surface area contributed by atoms with E-state index in [9.17, 15) is 22.0 Å². The SMILES string of the molecule is Cl.Oc1c(F)c(F)c(F)c(F)c1F. The van der Waals surface area contributed by atoms with Gasteiger partial charge >= 0.3 is 0 Å². The Kier molecular flexibility index (Phi) is 3.48. The van der Waals surface area contributed by atoms with Crippen molar-refractivity contribution in [3.05, 3.63) is 29.1 Å². The van der Waals surface area contributed by atoms with E-state index in [1.807, 2.05) is 0 Å². The highest BCUT2D eigenvalue weighted by atomic mass is 35.5. The molecule has 0 aliphatic heterocycles. The molecule has 0 amide bonds. The van der Waals surface area contributed by atoms with Crippen LogP contribution in [0.4, 0.5) is 22.0 Å². The summed E-state index contributed by atoms with van der Waals surface area (Å²) < 4.78 is 60.6. The maximum atomic E-state index is 12.2. The van der Waals surface area contributed by atoms with Crippen LogP contribution in [0.3, 0.4) is 0 Å². The number of hydrogen-bond acceptors (Lipinski definition) is 1. The van der Waals surface area contributed by atoms with E-state index in [1.54, 1.807) is 0 Å². The number of benzene rings is 1. The van der Waals surface area contributed by atoms with Crippen molar-refractivity contribution in [1.82, 2.24) is 0 Å². The molecule has 0 unspecified atom stereocenters. The molecule has 0 spiro atoms. The third kappa shape index (κ3) is 1.67. The highest BCUT2D eigenvalue weighted by Crippen LogP contribution is 2.27. The second kappa shape index (κ2) is 3.78. The predicted octanol–water partition coefficient (Wildman–Crippen LogP) is 2.51. The Bertz CT molecular complexity index is 235. The minimum Gasteiger partial charge on any atom is -0.503 e. The Hall–Kier alpha value is -1.04. The number of rotatable bonds is 0. The van der Waals surface area contributed by atoms with Crippen LogP contribution in [0.25, 0.3) is 0 Å². The molecule has 1 aromatic carbocycles. The van der Waals surface area contributed by atoms with Crippen LogP contribution in [0.2, 0.25) is 0 Å². The molecule has 1 aromatic rings. The number of hydrogen-bond donors (Lipinski definition) is 1. The number of aromatic hydroxyl groups is 1. The Morgan fingerprint density at radius 1 is 0.615 bits per heavy atom. The highest BCUT2D eigenvalue weighted by Gasteiger charge is 2.24. The van der Waals surface area contributed by atoms with Crippen molar-refractivity contribution in [3.63, 3.8) is 0 Å². The van der Waals surface area contributed by atoms with Crippen molar-refractivity contribution >= 4 is 12.4 Å². The van der Waals surface area contributed by atoms with E-state index in [4.69, 9.17) is 5.11 Å². The summed E-state index contributed by atoms with van der Waals surface area (Å²) in [5.74, 6) is -12.9. The van der Waals surface area contributed by atoms with Gasteiger partial charge in [0.1, 0.15) is 0 Å². The van der Waals surface area contributed by atoms with Gasteiger partial charge < -0.3 is 5.11 Å². The summed E-state index contributed by atoms with van der Waals surface area (Å²) >= 11 is 0.